The van der Waals surface area contributed by atoms with Gasteiger partial charge in [-0.15, -0.1) is 0 Å². The van der Waals surface area contributed by atoms with Crippen molar-refractivity contribution in [3.63, 3.8) is 0 Å². The fourth-order valence-electron chi connectivity index (χ4n) is 2.41. The predicted octanol–water partition coefficient (Wildman–Crippen LogP) is 1.93. The van der Waals surface area contributed by atoms with Crippen LogP contribution in [-0.2, 0) is 10.0 Å². The highest BCUT2D eigenvalue weighted by Crippen LogP contribution is 2.23. The second kappa shape index (κ2) is 6.75. The summed E-state index contributed by atoms with van der Waals surface area (Å²) in [6.07, 6.45) is 1.07. The highest BCUT2D eigenvalue weighted by atomic mass is 35.5. The average Bonchev–Trinajstić information content (AvgIpc) is 2.48. The van der Waals surface area contributed by atoms with Crippen LogP contribution in [-0.4, -0.2) is 50.3 Å². The Morgan fingerprint density at radius 3 is 2.48 bits per heavy atom. The first kappa shape index (κ1) is 16.2. The molecule has 5 nitrogen and oxygen atoms in total. The van der Waals surface area contributed by atoms with Crippen LogP contribution in [0.3, 0.4) is 0 Å². The molecule has 1 aromatic carbocycles. The van der Waals surface area contributed by atoms with E-state index in [9.17, 15) is 8.42 Å². The maximum absolute atomic E-state index is 12.6. The zero-order chi connectivity index (χ0) is 15.5. The molecule has 0 radical (unpaired) electrons. The summed E-state index contributed by atoms with van der Waals surface area (Å²) in [7, 11) is -3.54. The third-order valence-electron chi connectivity index (χ3n) is 3.57. The largest absolute Gasteiger partial charge is 0.301 e. The van der Waals surface area contributed by atoms with Crippen LogP contribution in [0.4, 0.5) is 0 Å². The maximum atomic E-state index is 12.6. The van der Waals surface area contributed by atoms with Crippen LogP contribution in [0.15, 0.2) is 23.1 Å². The van der Waals surface area contributed by atoms with Gasteiger partial charge in [0.1, 0.15) is 6.07 Å². The molecule has 1 heterocycles. The topological polar surface area (TPSA) is 64.4 Å². The van der Waals surface area contributed by atoms with Gasteiger partial charge in [0.2, 0.25) is 10.0 Å². The molecule has 0 amide bonds. The molecule has 0 N–H and O–H groups in total. The molecule has 1 saturated heterocycles. The lowest BCUT2D eigenvalue weighted by molar-refractivity contribution is 0.188. The van der Waals surface area contributed by atoms with Gasteiger partial charge in [-0.25, -0.2) is 8.42 Å². The van der Waals surface area contributed by atoms with Crippen molar-refractivity contribution in [2.24, 2.45) is 0 Å². The summed E-state index contributed by atoms with van der Waals surface area (Å²) < 4.78 is 26.6. The van der Waals surface area contributed by atoms with Crippen LogP contribution in [0.1, 0.15) is 18.9 Å². The van der Waals surface area contributed by atoms with E-state index in [1.807, 2.05) is 6.07 Å². The molecule has 0 saturated carbocycles. The van der Waals surface area contributed by atoms with Crippen molar-refractivity contribution in [3.05, 3.63) is 28.8 Å². The Hall–Kier alpha value is -1.13. The number of benzene rings is 1. The van der Waals surface area contributed by atoms with Crippen molar-refractivity contribution in [1.29, 1.82) is 5.26 Å². The van der Waals surface area contributed by atoms with E-state index in [2.05, 4.69) is 11.8 Å². The molecule has 0 atom stereocenters. The minimum atomic E-state index is -3.54. The summed E-state index contributed by atoms with van der Waals surface area (Å²) in [4.78, 5) is 2.41. The number of rotatable bonds is 4. The lowest BCUT2D eigenvalue weighted by Crippen LogP contribution is -2.48. The second-order valence-corrected chi connectivity index (χ2v) is 7.34. The highest BCUT2D eigenvalue weighted by molar-refractivity contribution is 7.89. The van der Waals surface area contributed by atoms with Gasteiger partial charge in [0.25, 0.3) is 0 Å². The van der Waals surface area contributed by atoms with Crippen LogP contribution in [0.2, 0.25) is 5.02 Å². The van der Waals surface area contributed by atoms with Gasteiger partial charge in [-0.2, -0.15) is 9.57 Å². The van der Waals surface area contributed by atoms with E-state index in [-0.39, 0.29) is 15.5 Å². The number of halogens is 1. The number of piperazine rings is 1. The number of nitriles is 1. The molecule has 1 aromatic rings. The van der Waals surface area contributed by atoms with E-state index in [0.717, 1.165) is 26.1 Å². The third-order valence-corrected chi connectivity index (χ3v) is 5.78. The molecule has 114 valence electrons. The molecule has 0 aromatic heterocycles. The summed E-state index contributed by atoms with van der Waals surface area (Å²) >= 11 is 5.93. The molecular formula is C14H18ClN3O2S. The van der Waals surface area contributed by atoms with Gasteiger partial charge in [0.15, 0.2) is 0 Å². The standard InChI is InChI=1S/C14H18ClN3O2S/c1-2-5-17-6-8-18(9-7-17)21(19,20)13-4-3-12(11-16)14(15)10-13/h3-4,10H,2,5-9H2,1H3. The van der Waals surface area contributed by atoms with Crippen LogP contribution in [0.5, 0.6) is 0 Å². The number of sulfonamides is 1. The molecule has 0 aliphatic carbocycles. The van der Waals surface area contributed by atoms with E-state index < -0.39 is 10.0 Å². The zero-order valence-corrected chi connectivity index (χ0v) is 13.5. The first-order valence-corrected chi connectivity index (χ1v) is 8.73. The Bertz CT molecular complexity index is 647. The van der Waals surface area contributed by atoms with Crippen molar-refractivity contribution in [1.82, 2.24) is 9.21 Å². The Labute approximate surface area is 130 Å². The van der Waals surface area contributed by atoms with Gasteiger partial charge in [-0.05, 0) is 31.2 Å². The van der Waals surface area contributed by atoms with Crippen LogP contribution in [0, 0.1) is 11.3 Å². The van der Waals surface area contributed by atoms with Crippen molar-refractivity contribution < 1.29 is 8.42 Å². The van der Waals surface area contributed by atoms with Crippen LogP contribution in [0.25, 0.3) is 0 Å². The smallest absolute Gasteiger partial charge is 0.243 e. The fourth-order valence-corrected chi connectivity index (χ4v) is 4.14. The average molecular weight is 328 g/mol. The van der Waals surface area contributed by atoms with Gasteiger partial charge < -0.3 is 4.90 Å². The Morgan fingerprint density at radius 2 is 1.95 bits per heavy atom. The molecular weight excluding hydrogens is 310 g/mol. The first-order valence-electron chi connectivity index (χ1n) is 6.91. The third kappa shape index (κ3) is 3.55. The van der Waals surface area contributed by atoms with Crippen molar-refractivity contribution >= 4 is 21.6 Å². The molecule has 0 bridgehead atoms. The normalized spacial score (nSPS) is 17.6. The Balaban J connectivity index is 2.16. The fraction of sp³-hybridized carbons (Fsp3) is 0.500. The highest BCUT2D eigenvalue weighted by Gasteiger charge is 2.28. The van der Waals surface area contributed by atoms with Crippen LogP contribution >= 0.6 is 11.6 Å². The number of nitrogens with zero attached hydrogens (tertiary/aromatic N) is 3. The summed E-state index contributed by atoms with van der Waals surface area (Å²) in [6, 6.07) is 6.17. The van der Waals surface area contributed by atoms with Crippen molar-refractivity contribution in [3.8, 4) is 6.07 Å². The molecule has 21 heavy (non-hydrogen) atoms. The number of hydrogen-bond donors (Lipinski definition) is 0. The minimum absolute atomic E-state index is 0.149. The van der Waals surface area contributed by atoms with Gasteiger partial charge in [-0.3, -0.25) is 0 Å². The van der Waals surface area contributed by atoms with Gasteiger partial charge in [0.05, 0.1) is 15.5 Å². The lowest BCUT2D eigenvalue weighted by Gasteiger charge is -2.33. The van der Waals surface area contributed by atoms with E-state index in [1.165, 1.54) is 22.5 Å². The molecule has 7 heteroatoms. The van der Waals surface area contributed by atoms with Gasteiger partial charge in [0, 0.05) is 26.2 Å². The molecule has 1 aliphatic heterocycles. The van der Waals surface area contributed by atoms with Crippen LogP contribution < -0.4 is 0 Å². The van der Waals surface area contributed by atoms with Crippen molar-refractivity contribution in [2.75, 3.05) is 32.7 Å². The van der Waals surface area contributed by atoms with Gasteiger partial charge in [-0.1, -0.05) is 18.5 Å². The van der Waals surface area contributed by atoms with E-state index in [4.69, 9.17) is 16.9 Å². The lowest BCUT2D eigenvalue weighted by atomic mass is 10.2. The summed E-state index contributed by atoms with van der Waals surface area (Å²) in [5.41, 5.74) is 0.281. The summed E-state index contributed by atoms with van der Waals surface area (Å²) in [6.45, 7) is 5.58. The van der Waals surface area contributed by atoms with E-state index in [0.29, 0.717) is 13.1 Å². The summed E-state index contributed by atoms with van der Waals surface area (Å²) in [5, 5.41) is 9.01. The molecule has 0 unspecified atom stereocenters. The first-order chi connectivity index (χ1) is 9.98. The SMILES string of the molecule is CCCN1CCN(S(=O)(=O)c2ccc(C#N)c(Cl)c2)CC1. The molecule has 0 spiro atoms. The Morgan fingerprint density at radius 1 is 1.29 bits per heavy atom. The zero-order valence-electron chi connectivity index (χ0n) is 11.9. The van der Waals surface area contributed by atoms with Gasteiger partial charge >= 0.3 is 0 Å². The van der Waals surface area contributed by atoms with E-state index >= 15 is 0 Å². The van der Waals surface area contributed by atoms with Crippen molar-refractivity contribution in [2.45, 2.75) is 18.2 Å². The summed E-state index contributed by atoms with van der Waals surface area (Å²) in [5.74, 6) is 0. The van der Waals surface area contributed by atoms with E-state index in [1.54, 1.807) is 0 Å². The maximum Gasteiger partial charge on any atom is 0.243 e. The second-order valence-electron chi connectivity index (χ2n) is 5.00. The predicted molar refractivity (Wildman–Crippen MR) is 81.7 cm³/mol. The molecule has 2 rings (SSSR count). The Kier molecular flexibility index (Phi) is 5.22. The molecule has 1 aliphatic rings. The minimum Gasteiger partial charge on any atom is -0.301 e. The molecule has 1 fully saturated rings. The quantitative estimate of drug-likeness (QED) is 0.847. The number of hydrogen-bond acceptors (Lipinski definition) is 4. The monoisotopic (exact) mass is 327 g/mol.